The van der Waals surface area contributed by atoms with E-state index in [4.69, 9.17) is 28.0 Å². The lowest BCUT2D eigenvalue weighted by molar-refractivity contribution is -0.196. The zero-order valence-corrected chi connectivity index (χ0v) is 19.8. The van der Waals surface area contributed by atoms with Gasteiger partial charge in [-0.25, -0.2) is 0 Å². The fourth-order valence-corrected chi connectivity index (χ4v) is 4.85. The van der Waals surface area contributed by atoms with E-state index in [2.05, 4.69) is 0 Å². The Kier molecular flexibility index (Phi) is 9.93. The van der Waals surface area contributed by atoms with Crippen LogP contribution < -0.4 is 0 Å². The molecule has 0 aromatic heterocycles. The molecule has 0 N–H and O–H groups in total. The number of carbonyl (C=O) groups excluding carboxylic acids is 2. The van der Waals surface area contributed by atoms with Gasteiger partial charge >= 0.3 is 25.2 Å². The second-order valence-corrected chi connectivity index (χ2v) is 9.36. The molecule has 1 aromatic carbocycles. The molecule has 1 heterocycles. The van der Waals surface area contributed by atoms with Crippen molar-refractivity contribution >= 4 is 19.5 Å². The van der Waals surface area contributed by atoms with Crippen molar-refractivity contribution in [2.24, 2.45) is 0 Å². The Morgan fingerprint density at radius 1 is 1.00 bits per heavy atom. The van der Waals surface area contributed by atoms with Gasteiger partial charge in [-0.1, -0.05) is 30.3 Å². The number of benzene rings is 1. The van der Waals surface area contributed by atoms with Crippen molar-refractivity contribution in [2.75, 3.05) is 13.2 Å². The van der Waals surface area contributed by atoms with Crippen molar-refractivity contribution in [2.45, 2.75) is 71.0 Å². The molecule has 1 saturated heterocycles. The third kappa shape index (κ3) is 7.28. The van der Waals surface area contributed by atoms with Crippen molar-refractivity contribution in [3.63, 3.8) is 0 Å². The lowest BCUT2D eigenvalue weighted by Gasteiger charge is -2.29. The van der Waals surface area contributed by atoms with E-state index in [1.54, 1.807) is 30.3 Å². The van der Waals surface area contributed by atoms with Crippen molar-refractivity contribution in [3.05, 3.63) is 35.9 Å². The van der Waals surface area contributed by atoms with Crippen LogP contribution in [0.3, 0.4) is 0 Å². The minimum Gasteiger partial charge on any atom is -0.453 e. The summed E-state index contributed by atoms with van der Waals surface area (Å²) in [5.41, 5.74) is -3.25. The molecule has 1 aromatic rings. The van der Waals surface area contributed by atoms with E-state index >= 15 is 8.78 Å². The van der Waals surface area contributed by atoms with Gasteiger partial charge in [0.25, 0.3) is 0 Å². The summed E-state index contributed by atoms with van der Waals surface area (Å²) in [6, 6.07) is 8.83. The van der Waals surface area contributed by atoms with Gasteiger partial charge in [-0.3, -0.25) is 14.2 Å². The average molecular weight is 494 g/mol. The standard InChI is InChI=1S/C21H29F2O9P/c1-5-28-33(26,29-6-2)21(22,23)12-17-18(27-13-16-10-8-7-9-11-16)19(30-14(3)24)20(32-17)31-15(4)25/h7-11,17-20H,5-6,12-13H2,1-4H3/t17-,18-,19-,20?/m1/s1. The fourth-order valence-electron chi connectivity index (χ4n) is 3.32. The van der Waals surface area contributed by atoms with Gasteiger partial charge in [0.1, 0.15) is 6.10 Å². The number of carbonyl (C=O) groups is 2. The lowest BCUT2D eigenvalue weighted by Crippen LogP contribution is -2.41. The number of alkyl halides is 2. The van der Waals surface area contributed by atoms with Crippen LogP contribution >= 0.6 is 7.60 Å². The highest BCUT2D eigenvalue weighted by molar-refractivity contribution is 7.55. The normalized spacial score (nSPS) is 23.3. The molecule has 0 bridgehead atoms. The number of hydrogen-bond acceptors (Lipinski definition) is 9. The molecule has 2 rings (SSSR count). The van der Waals surface area contributed by atoms with Gasteiger partial charge in [-0.05, 0) is 19.4 Å². The highest BCUT2D eigenvalue weighted by atomic mass is 31.2. The van der Waals surface area contributed by atoms with Crippen LogP contribution in [0, 0.1) is 0 Å². The number of esters is 2. The molecule has 1 unspecified atom stereocenters. The van der Waals surface area contributed by atoms with Crippen LogP contribution in [-0.2, 0) is 48.8 Å². The van der Waals surface area contributed by atoms with Crippen LogP contribution in [0.5, 0.6) is 0 Å². The molecular formula is C21H29F2O9P. The first-order valence-electron chi connectivity index (χ1n) is 10.5. The van der Waals surface area contributed by atoms with Crippen molar-refractivity contribution in [1.82, 2.24) is 0 Å². The summed E-state index contributed by atoms with van der Waals surface area (Å²) in [5.74, 6) is -1.53. The van der Waals surface area contributed by atoms with Gasteiger partial charge in [0.05, 0.1) is 32.3 Å². The van der Waals surface area contributed by atoms with E-state index in [-0.39, 0.29) is 19.8 Å². The van der Waals surface area contributed by atoms with E-state index in [1.807, 2.05) is 0 Å². The first kappa shape index (κ1) is 27.3. The monoisotopic (exact) mass is 494 g/mol. The Morgan fingerprint density at radius 2 is 1.58 bits per heavy atom. The minimum absolute atomic E-state index is 0.0317. The highest BCUT2D eigenvalue weighted by Crippen LogP contribution is 2.64. The van der Waals surface area contributed by atoms with Gasteiger partial charge < -0.3 is 28.0 Å². The maximum absolute atomic E-state index is 15.1. The zero-order chi connectivity index (χ0) is 24.6. The molecule has 186 valence electrons. The molecule has 1 aliphatic rings. The van der Waals surface area contributed by atoms with E-state index in [0.29, 0.717) is 0 Å². The van der Waals surface area contributed by atoms with Crippen LogP contribution in [0.25, 0.3) is 0 Å². The van der Waals surface area contributed by atoms with Crippen LogP contribution in [-0.4, -0.2) is 55.4 Å². The summed E-state index contributed by atoms with van der Waals surface area (Å²) in [5, 5.41) is 0. The SMILES string of the molecule is CCOP(=O)(OCC)C(F)(F)C[C@H]1OC(OC(C)=O)[C@H](OC(C)=O)[C@@H]1OCc1ccccc1. The molecule has 9 nitrogen and oxygen atoms in total. The molecule has 0 saturated carbocycles. The van der Waals surface area contributed by atoms with E-state index in [9.17, 15) is 14.2 Å². The van der Waals surface area contributed by atoms with Gasteiger partial charge in [0, 0.05) is 13.8 Å². The Labute approximate surface area is 191 Å². The predicted molar refractivity (Wildman–Crippen MR) is 111 cm³/mol. The van der Waals surface area contributed by atoms with Crippen LogP contribution in [0.4, 0.5) is 8.78 Å². The highest BCUT2D eigenvalue weighted by Gasteiger charge is 2.59. The Bertz CT molecular complexity index is 826. The average Bonchev–Trinajstić information content (AvgIpc) is 3.01. The molecule has 1 fully saturated rings. The van der Waals surface area contributed by atoms with Crippen LogP contribution in [0.2, 0.25) is 0 Å². The van der Waals surface area contributed by atoms with E-state index in [0.717, 1.165) is 19.4 Å². The van der Waals surface area contributed by atoms with Crippen LogP contribution in [0.15, 0.2) is 30.3 Å². The summed E-state index contributed by atoms with van der Waals surface area (Å²) >= 11 is 0. The maximum Gasteiger partial charge on any atom is 0.399 e. The Balaban J connectivity index is 2.34. The Hall–Kier alpha value is -1.91. The van der Waals surface area contributed by atoms with Gasteiger partial charge in [-0.15, -0.1) is 0 Å². The molecular weight excluding hydrogens is 465 g/mol. The largest absolute Gasteiger partial charge is 0.453 e. The third-order valence-corrected chi connectivity index (χ3v) is 6.76. The van der Waals surface area contributed by atoms with Gasteiger partial charge in [0.2, 0.25) is 6.29 Å². The summed E-state index contributed by atoms with van der Waals surface area (Å²) < 4.78 is 74.3. The van der Waals surface area contributed by atoms with E-state index < -0.39 is 56.2 Å². The first-order chi connectivity index (χ1) is 15.5. The maximum atomic E-state index is 15.1. The molecule has 0 aliphatic carbocycles. The number of ether oxygens (including phenoxy) is 4. The topological polar surface area (TPSA) is 107 Å². The van der Waals surface area contributed by atoms with Crippen molar-refractivity contribution in [3.8, 4) is 0 Å². The molecule has 1 aliphatic heterocycles. The van der Waals surface area contributed by atoms with Gasteiger partial charge in [0.15, 0.2) is 6.10 Å². The minimum atomic E-state index is -4.86. The number of halogens is 2. The van der Waals surface area contributed by atoms with Crippen molar-refractivity contribution in [1.29, 1.82) is 0 Å². The second kappa shape index (κ2) is 12.0. The molecule has 0 amide bonds. The number of rotatable bonds is 12. The molecule has 4 atom stereocenters. The van der Waals surface area contributed by atoms with E-state index in [1.165, 1.54) is 13.8 Å². The Morgan fingerprint density at radius 3 is 2.09 bits per heavy atom. The summed E-state index contributed by atoms with van der Waals surface area (Å²) in [4.78, 5) is 23.2. The van der Waals surface area contributed by atoms with Gasteiger partial charge in [-0.2, -0.15) is 8.78 Å². The quantitative estimate of drug-likeness (QED) is 0.314. The lowest BCUT2D eigenvalue weighted by atomic mass is 10.1. The third-order valence-electron chi connectivity index (χ3n) is 4.58. The summed E-state index contributed by atoms with van der Waals surface area (Å²) in [6.45, 7) is 4.46. The molecule has 33 heavy (non-hydrogen) atoms. The molecule has 12 heteroatoms. The fraction of sp³-hybridized carbons (Fsp3) is 0.619. The molecule has 0 radical (unpaired) electrons. The number of hydrogen-bond donors (Lipinski definition) is 0. The molecule has 0 spiro atoms. The first-order valence-corrected chi connectivity index (χ1v) is 12.0. The van der Waals surface area contributed by atoms with Crippen LogP contribution in [0.1, 0.15) is 39.7 Å². The summed E-state index contributed by atoms with van der Waals surface area (Å²) in [7, 11) is -4.86. The van der Waals surface area contributed by atoms with Crippen molar-refractivity contribution < 1.29 is 50.9 Å². The predicted octanol–water partition coefficient (Wildman–Crippen LogP) is 4.04. The smallest absolute Gasteiger partial charge is 0.399 e. The second-order valence-electron chi connectivity index (χ2n) is 7.19. The summed E-state index contributed by atoms with van der Waals surface area (Å²) in [6.07, 6.45) is -6.70. The zero-order valence-electron chi connectivity index (χ0n) is 18.9.